The first-order valence-electron chi connectivity index (χ1n) is 4.02. The molecule has 0 spiro atoms. The molecule has 0 aliphatic carbocycles. The van der Waals surface area contributed by atoms with Crippen molar-refractivity contribution in [1.82, 2.24) is 4.57 Å². The maximum absolute atomic E-state index is 9.01. The zero-order valence-corrected chi connectivity index (χ0v) is 7.96. The van der Waals surface area contributed by atoms with E-state index in [9.17, 15) is 0 Å². The molecule has 0 radical (unpaired) electrons. The fourth-order valence-corrected chi connectivity index (χ4v) is 0.749. The first kappa shape index (κ1) is 12.6. The number of nitrogens with zero attached hydrogens (tertiary/aromatic N) is 2. The third-order valence-corrected chi connectivity index (χ3v) is 1.31. The Morgan fingerprint density at radius 2 is 2.14 bits per heavy atom. The van der Waals surface area contributed by atoms with E-state index in [4.69, 9.17) is 20.1 Å². The van der Waals surface area contributed by atoms with Crippen LogP contribution in [0.3, 0.4) is 0 Å². The number of rotatable bonds is 3. The number of aryl methyl sites for hydroxylation is 1. The van der Waals surface area contributed by atoms with E-state index in [1.165, 1.54) is 0 Å². The highest BCUT2D eigenvalue weighted by Crippen LogP contribution is 1.80. The Morgan fingerprint density at radius 1 is 1.57 bits per heavy atom. The number of aliphatic carboxylic acids is 1. The standard InChI is InChI=1S/C6H11N2O.C2H4O3/c1-7-2-3-8(6-7)4-5-9;3-1-2(4)5/h2-3,6,9H,4-5H2,1H3;3H,1H2,(H,4,5)/q+1;/p-1. The second-order valence-electron chi connectivity index (χ2n) is 2.57. The van der Waals surface area contributed by atoms with Crippen molar-refractivity contribution in [2.45, 2.75) is 6.54 Å². The largest absolute Gasteiger partial charge is 0.548 e. The van der Waals surface area contributed by atoms with Crippen molar-refractivity contribution < 1.29 is 24.7 Å². The average Bonchev–Trinajstić information content (AvgIpc) is 2.53. The smallest absolute Gasteiger partial charge is 0.243 e. The number of carboxylic acid groups (broad SMARTS) is 1. The maximum Gasteiger partial charge on any atom is 0.243 e. The van der Waals surface area contributed by atoms with E-state index >= 15 is 0 Å². The molecule has 0 unspecified atom stereocenters. The molecule has 2 N–H and O–H groups in total. The molecule has 1 heterocycles. The van der Waals surface area contributed by atoms with Crippen LogP contribution in [0.2, 0.25) is 0 Å². The number of aliphatic hydroxyl groups excluding tert-OH is 2. The van der Waals surface area contributed by atoms with Crippen molar-refractivity contribution >= 4 is 5.97 Å². The fraction of sp³-hybridized carbons (Fsp3) is 0.500. The molecular formula is C8H14N2O4. The SMILES string of the molecule is C[n+]1ccn(CCO)c1.O=C([O-])CO. The average molecular weight is 202 g/mol. The first-order chi connectivity index (χ1) is 6.60. The Morgan fingerprint density at radius 3 is 2.43 bits per heavy atom. The van der Waals surface area contributed by atoms with Crippen LogP contribution in [0.15, 0.2) is 18.7 Å². The van der Waals surface area contributed by atoms with E-state index in [-0.39, 0.29) is 6.61 Å². The van der Waals surface area contributed by atoms with Crippen molar-refractivity contribution in [2.75, 3.05) is 13.2 Å². The van der Waals surface area contributed by atoms with Crippen molar-refractivity contribution in [3.8, 4) is 0 Å². The van der Waals surface area contributed by atoms with Gasteiger partial charge < -0.3 is 20.1 Å². The lowest BCUT2D eigenvalue weighted by atomic mass is 10.7. The summed E-state index contributed by atoms with van der Waals surface area (Å²) in [7, 11) is 1.95. The molecule has 0 aromatic carbocycles. The van der Waals surface area contributed by atoms with E-state index in [1.54, 1.807) is 0 Å². The molecule has 6 heteroatoms. The van der Waals surface area contributed by atoms with Crippen molar-refractivity contribution in [3.63, 3.8) is 0 Å². The van der Waals surface area contributed by atoms with Gasteiger partial charge in [0.2, 0.25) is 6.33 Å². The molecule has 6 nitrogen and oxygen atoms in total. The molecule has 0 fully saturated rings. The highest BCUT2D eigenvalue weighted by atomic mass is 16.4. The number of carbonyl (C=O) groups excluding carboxylic acids is 1. The van der Waals surface area contributed by atoms with Gasteiger partial charge in [-0.1, -0.05) is 0 Å². The Kier molecular flexibility index (Phi) is 6.34. The summed E-state index contributed by atoms with van der Waals surface area (Å²) in [5.74, 6) is -1.44. The second-order valence-corrected chi connectivity index (χ2v) is 2.57. The van der Waals surface area contributed by atoms with Crippen LogP contribution in [0, 0.1) is 0 Å². The molecule has 0 bridgehead atoms. The zero-order valence-electron chi connectivity index (χ0n) is 7.96. The van der Waals surface area contributed by atoms with Gasteiger partial charge >= 0.3 is 0 Å². The van der Waals surface area contributed by atoms with Crippen LogP contribution in [0.5, 0.6) is 0 Å². The van der Waals surface area contributed by atoms with Crippen molar-refractivity contribution in [3.05, 3.63) is 18.7 Å². The third kappa shape index (κ3) is 6.15. The highest BCUT2D eigenvalue weighted by Gasteiger charge is 1.95. The van der Waals surface area contributed by atoms with Gasteiger partial charge in [-0.05, 0) is 0 Å². The minimum absolute atomic E-state index is 0.203. The van der Waals surface area contributed by atoms with Gasteiger partial charge in [0, 0.05) is 0 Å². The predicted octanol–water partition coefficient (Wildman–Crippen LogP) is -2.97. The number of imidazole rings is 1. The molecule has 0 amide bonds. The summed E-state index contributed by atoms with van der Waals surface area (Å²) in [5.41, 5.74) is 0. The molecule has 0 aliphatic heterocycles. The van der Waals surface area contributed by atoms with Gasteiger partial charge in [0.25, 0.3) is 0 Å². The fourth-order valence-electron chi connectivity index (χ4n) is 0.749. The lowest BCUT2D eigenvalue weighted by Gasteiger charge is -1.86. The van der Waals surface area contributed by atoms with E-state index in [2.05, 4.69) is 0 Å². The molecule has 1 aromatic rings. The van der Waals surface area contributed by atoms with Crippen LogP contribution in [-0.2, 0) is 18.4 Å². The topological polar surface area (TPSA) is 89.4 Å². The zero-order chi connectivity index (χ0) is 11.0. The summed E-state index contributed by atoms with van der Waals surface area (Å²) >= 11 is 0. The predicted molar refractivity (Wildman–Crippen MR) is 44.8 cm³/mol. The van der Waals surface area contributed by atoms with Gasteiger partial charge in [0.05, 0.1) is 26.2 Å². The Bertz CT molecular complexity index is 272. The lowest BCUT2D eigenvalue weighted by Crippen LogP contribution is -2.25. The second kappa shape index (κ2) is 7.05. The molecule has 14 heavy (non-hydrogen) atoms. The Labute approximate surface area is 81.7 Å². The molecule has 0 aliphatic rings. The highest BCUT2D eigenvalue weighted by molar-refractivity contribution is 5.65. The van der Waals surface area contributed by atoms with Gasteiger partial charge in [-0.25, -0.2) is 9.13 Å². The summed E-state index contributed by atoms with van der Waals surface area (Å²) in [6, 6.07) is 0. The van der Waals surface area contributed by atoms with E-state index in [1.807, 2.05) is 34.9 Å². The number of hydrogen-bond donors (Lipinski definition) is 2. The molecule has 0 atom stereocenters. The summed E-state index contributed by atoms with van der Waals surface area (Å²) < 4.78 is 3.87. The number of hydrogen-bond acceptors (Lipinski definition) is 4. The van der Waals surface area contributed by atoms with E-state index in [0.29, 0.717) is 6.54 Å². The monoisotopic (exact) mass is 202 g/mol. The molecule has 80 valence electrons. The lowest BCUT2D eigenvalue weighted by molar-refractivity contribution is -0.671. The van der Waals surface area contributed by atoms with Gasteiger partial charge in [-0.15, -0.1) is 0 Å². The minimum atomic E-state index is -1.44. The number of carbonyl (C=O) groups is 1. The third-order valence-electron chi connectivity index (χ3n) is 1.31. The normalized spacial score (nSPS) is 9.07. The van der Waals surface area contributed by atoms with Gasteiger partial charge in [-0.3, -0.25) is 0 Å². The minimum Gasteiger partial charge on any atom is -0.548 e. The first-order valence-corrected chi connectivity index (χ1v) is 4.02. The molecule has 0 saturated carbocycles. The Hall–Kier alpha value is -1.40. The van der Waals surface area contributed by atoms with Crippen LogP contribution in [0.25, 0.3) is 0 Å². The van der Waals surface area contributed by atoms with Gasteiger partial charge in [0.15, 0.2) is 0 Å². The van der Waals surface area contributed by atoms with Crippen LogP contribution in [-0.4, -0.2) is 34.0 Å². The quantitative estimate of drug-likeness (QED) is 0.512. The summed E-state index contributed by atoms with van der Waals surface area (Å²) in [6.45, 7) is -0.00444. The van der Waals surface area contributed by atoms with Crippen LogP contribution < -0.4 is 9.67 Å². The Balaban J connectivity index is 0.000000292. The van der Waals surface area contributed by atoms with E-state index in [0.717, 1.165) is 0 Å². The maximum atomic E-state index is 9.01. The number of aliphatic hydroxyl groups is 2. The summed E-state index contributed by atoms with van der Waals surface area (Å²) in [5, 5.41) is 25.0. The van der Waals surface area contributed by atoms with Crippen LogP contribution in [0.1, 0.15) is 0 Å². The number of carboxylic acids is 1. The van der Waals surface area contributed by atoms with Gasteiger partial charge in [0.1, 0.15) is 18.9 Å². The summed E-state index contributed by atoms with van der Waals surface area (Å²) in [6.07, 6.45) is 5.79. The number of aromatic nitrogens is 2. The molecule has 1 rings (SSSR count). The van der Waals surface area contributed by atoms with Crippen LogP contribution in [0.4, 0.5) is 0 Å². The van der Waals surface area contributed by atoms with Gasteiger partial charge in [-0.2, -0.15) is 0 Å². The molecule has 0 saturated heterocycles. The van der Waals surface area contributed by atoms with Crippen LogP contribution >= 0.6 is 0 Å². The van der Waals surface area contributed by atoms with Crippen molar-refractivity contribution in [1.29, 1.82) is 0 Å². The summed E-state index contributed by atoms with van der Waals surface area (Å²) in [4.78, 5) is 9.01. The van der Waals surface area contributed by atoms with E-state index < -0.39 is 12.6 Å². The molecular weight excluding hydrogens is 188 g/mol. The molecule has 1 aromatic heterocycles. The van der Waals surface area contributed by atoms with Crippen molar-refractivity contribution in [2.24, 2.45) is 7.05 Å².